The molecule has 0 unspecified atom stereocenters. The highest BCUT2D eigenvalue weighted by atomic mass is 79.9. The smallest absolute Gasteiger partial charge is 0.251 e. The molecule has 164 valence electrons. The molecule has 0 aliphatic carbocycles. The van der Waals surface area contributed by atoms with Crippen molar-refractivity contribution in [3.05, 3.63) is 93.2 Å². The van der Waals surface area contributed by atoms with Crippen molar-refractivity contribution in [1.82, 2.24) is 14.9 Å². The van der Waals surface area contributed by atoms with E-state index in [0.717, 1.165) is 50.6 Å². The number of ether oxygens (including phenoxy) is 1. The molecule has 0 fully saturated rings. The van der Waals surface area contributed by atoms with Gasteiger partial charge in [0.25, 0.3) is 5.91 Å². The van der Waals surface area contributed by atoms with Crippen molar-refractivity contribution < 1.29 is 9.53 Å². The van der Waals surface area contributed by atoms with Crippen LogP contribution in [0.3, 0.4) is 0 Å². The molecule has 0 radical (unpaired) electrons. The Morgan fingerprint density at radius 3 is 2.78 bits per heavy atom. The van der Waals surface area contributed by atoms with Crippen LogP contribution in [0.1, 0.15) is 28.2 Å². The van der Waals surface area contributed by atoms with Gasteiger partial charge in [-0.25, -0.2) is 4.98 Å². The number of carbonyl (C=O) groups excluding carboxylic acids is 1. The maximum atomic E-state index is 12.6. The summed E-state index contributed by atoms with van der Waals surface area (Å²) in [6.45, 7) is 3.60. The van der Waals surface area contributed by atoms with Crippen molar-refractivity contribution in [2.45, 2.75) is 26.4 Å². The van der Waals surface area contributed by atoms with Crippen LogP contribution in [0, 0.1) is 6.92 Å². The number of hydrogen-bond donors (Lipinski definition) is 1. The summed E-state index contributed by atoms with van der Waals surface area (Å²) >= 11 is 9.49. The number of amides is 1. The summed E-state index contributed by atoms with van der Waals surface area (Å²) in [5.41, 5.74) is 3.55. The topological polar surface area (TPSA) is 56.1 Å². The largest absolute Gasteiger partial charge is 0.494 e. The maximum Gasteiger partial charge on any atom is 0.251 e. The number of carbonyl (C=O) groups is 1. The lowest BCUT2D eigenvalue weighted by Gasteiger charge is -2.12. The fourth-order valence-corrected chi connectivity index (χ4v) is 4.04. The van der Waals surface area contributed by atoms with Gasteiger partial charge in [0, 0.05) is 21.6 Å². The third kappa shape index (κ3) is 5.31. The Hall–Kier alpha value is -2.83. The van der Waals surface area contributed by atoms with Gasteiger partial charge in [0.2, 0.25) is 0 Å². The summed E-state index contributed by atoms with van der Waals surface area (Å²) in [7, 11) is 0. The molecule has 1 aromatic heterocycles. The molecule has 0 aliphatic rings. The number of aromatic nitrogens is 2. The van der Waals surface area contributed by atoms with Gasteiger partial charge in [-0.05, 0) is 67.4 Å². The standard InChI is InChI=1S/C25H23BrClN3O2/c1-17-14-20(10-11-21(17)27)32-13-5-12-30-23-9-3-2-8-22(23)29-24(30)16-28-25(31)18-6-4-7-19(26)15-18/h2-4,6-11,14-15H,5,12-13,16H2,1H3,(H,28,31). The van der Waals surface area contributed by atoms with Crippen molar-refractivity contribution in [2.75, 3.05) is 6.61 Å². The van der Waals surface area contributed by atoms with E-state index >= 15 is 0 Å². The lowest BCUT2D eigenvalue weighted by molar-refractivity contribution is 0.0949. The van der Waals surface area contributed by atoms with E-state index in [4.69, 9.17) is 21.3 Å². The maximum absolute atomic E-state index is 12.6. The molecular weight excluding hydrogens is 490 g/mol. The summed E-state index contributed by atoms with van der Waals surface area (Å²) in [5.74, 6) is 1.49. The van der Waals surface area contributed by atoms with E-state index in [1.54, 1.807) is 12.1 Å². The van der Waals surface area contributed by atoms with Crippen LogP contribution in [0.5, 0.6) is 5.75 Å². The normalized spacial score (nSPS) is 11.0. The molecule has 0 bridgehead atoms. The van der Waals surface area contributed by atoms with Gasteiger partial charge in [0.05, 0.1) is 24.2 Å². The van der Waals surface area contributed by atoms with Crippen molar-refractivity contribution in [3.63, 3.8) is 0 Å². The van der Waals surface area contributed by atoms with Crippen molar-refractivity contribution >= 4 is 44.5 Å². The Bertz CT molecular complexity index is 1260. The van der Waals surface area contributed by atoms with Crippen LogP contribution in [0.15, 0.2) is 71.2 Å². The summed E-state index contributed by atoms with van der Waals surface area (Å²) in [6, 6.07) is 21.0. The molecule has 5 nitrogen and oxygen atoms in total. The molecule has 0 atom stereocenters. The van der Waals surface area contributed by atoms with Crippen molar-refractivity contribution in [2.24, 2.45) is 0 Å². The summed E-state index contributed by atoms with van der Waals surface area (Å²) in [4.78, 5) is 17.3. The van der Waals surface area contributed by atoms with E-state index in [1.165, 1.54) is 0 Å². The van der Waals surface area contributed by atoms with Gasteiger partial charge in [-0.3, -0.25) is 4.79 Å². The highest BCUT2D eigenvalue weighted by molar-refractivity contribution is 9.10. The van der Waals surface area contributed by atoms with Gasteiger partial charge >= 0.3 is 0 Å². The number of halogens is 2. The molecule has 1 N–H and O–H groups in total. The molecule has 4 rings (SSSR count). The molecule has 3 aromatic carbocycles. The minimum absolute atomic E-state index is 0.133. The van der Waals surface area contributed by atoms with E-state index in [1.807, 2.05) is 61.5 Å². The van der Waals surface area contributed by atoms with Crippen molar-refractivity contribution in [3.8, 4) is 5.75 Å². The molecule has 4 aromatic rings. The molecule has 0 spiro atoms. The number of hydrogen-bond acceptors (Lipinski definition) is 3. The molecule has 7 heteroatoms. The Morgan fingerprint density at radius 2 is 1.97 bits per heavy atom. The first kappa shape index (κ1) is 22.4. The van der Waals surface area contributed by atoms with Crippen LogP contribution in [-0.4, -0.2) is 22.1 Å². The van der Waals surface area contributed by atoms with E-state index in [0.29, 0.717) is 18.7 Å². The highest BCUT2D eigenvalue weighted by Crippen LogP contribution is 2.22. The van der Waals surface area contributed by atoms with Gasteiger partial charge < -0.3 is 14.6 Å². The lowest BCUT2D eigenvalue weighted by Crippen LogP contribution is -2.25. The van der Waals surface area contributed by atoms with E-state index in [-0.39, 0.29) is 5.91 Å². The fourth-order valence-electron chi connectivity index (χ4n) is 3.52. The third-order valence-electron chi connectivity index (χ3n) is 5.15. The second-order valence-corrected chi connectivity index (χ2v) is 8.80. The highest BCUT2D eigenvalue weighted by Gasteiger charge is 2.13. The van der Waals surface area contributed by atoms with Gasteiger partial charge in [-0.15, -0.1) is 0 Å². The number of fused-ring (bicyclic) bond motifs is 1. The first-order valence-corrected chi connectivity index (χ1v) is 11.6. The van der Waals surface area contributed by atoms with Crippen LogP contribution < -0.4 is 10.1 Å². The summed E-state index contributed by atoms with van der Waals surface area (Å²) in [5, 5.41) is 3.72. The van der Waals surface area contributed by atoms with Gasteiger partial charge in [-0.1, -0.05) is 45.7 Å². The number of rotatable bonds is 8. The zero-order valence-electron chi connectivity index (χ0n) is 17.6. The zero-order valence-corrected chi connectivity index (χ0v) is 20.0. The van der Waals surface area contributed by atoms with Crippen LogP contribution in [0.25, 0.3) is 11.0 Å². The molecule has 1 heterocycles. The first-order chi connectivity index (χ1) is 15.5. The predicted octanol–water partition coefficient (Wildman–Crippen LogP) is 6.16. The number of nitrogens with zero attached hydrogens (tertiary/aromatic N) is 2. The lowest BCUT2D eigenvalue weighted by atomic mass is 10.2. The Kier molecular flexibility index (Phi) is 7.12. The van der Waals surface area contributed by atoms with Crippen LogP contribution >= 0.6 is 27.5 Å². The Balaban J connectivity index is 1.43. The van der Waals surface area contributed by atoms with Crippen LogP contribution in [-0.2, 0) is 13.1 Å². The van der Waals surface area contributed by atoms with Gasteiger partial charge in [-0.2, -0.15) is 0 Å². The van der Waals surface area contributed by atoms with Crippen LogP contribution in [0.2, 0.25) is 5.02 Å². The zero-order chi connectivity index (χ0) is 22.5. The van der Waals surface area contributed by atoms with Crippen molar-refractivity contribution in [1.29, 1.82) is 0 Å². The number of para-hydroxylation sites is 2. The van der Waals surface area contributed by atoms with Gasteiger partial charge in [0.15, 0.2) is 0 Å². The van der Waals surface area contributed by atoms with Gasteiger partial charge in [0.1, 0.15) is 11.6 Å². The quantitative estimate of drug-likeness (QED) is 0.288. The van der Waals surface area contributed by atoms with E-state index in [2.05, 4.69) is 25.8 Å². The molecule has 1 amide bonds. The number of benzene rings is 3. The average molecular weight is 513 g/mol. The molecular formula is C25H23BrClN3O2. The number of aryl methyl sites for hydroxylation is 2. The van der Waals surface area contributed by atoms with E-state index in [9.17, 15) is 4.79 Å². The number of nitrogens with one attached hydrogen (secondary N) is 1. The third-order valence-corrected chi connectivity index (χ3v) is 6.07. The second-order valence-electron chi connectivity index (χ2n) is 7.47. The first-order valence-electron chi connectivity index (χ1n) is 10.4. The summed E-state index contributed by atoms with van der Waals surface area (Å²) < 4.78 is 8.91. The summed E-state index contributed by atoms with van der Waals surface area (Å²) in [6.07, 6.45) is 0.800. The SMILES string of the molecule is Cc1cc(OCCCn2c(CNC(=O)c3cccc(Br)c3)nc3ccccc32)ccc1Cl. The minimum Gasteiger partial charge on any atom is -0.494 e. The minimum atomic E-state index is -0.133. The second kappa shape index (κ2) is 10.2. The predicted molar refractivity (Wildman–Crippen MR) is 131 cm³/mol. The molecule has 0 aliphatic heterocycles. The van der Waals surface area contributed by atoms with Crippen LogP contribution in [0.4, 0.5) is 0 Å². The fraction of sp³-hybridized carbons (Fsp3) is 0.200. The Morgan fingerprint density at radius 1 is 1.12 bits per heavy atom. The monoisotopic (exact) mass is 511 g/mol. The molecule has 0 saturated carbocycles. The van der Waals surface area contributed by atoms with E-state index < -0.39 is 0 Å². The average Bonchev–Trinajstić information content (AvgIpc) is 3.15. The number of imidazole rings is 1. The Labute approximate surface area is 200 Å². The molecule has 32 heavy (non-hydrogen) atoms. The molecule has 0 saturated heterocycles.